The Kier molecular flexibility index (Phi) is 6.43. The first-order valence-electron chi connectivity index (χ1n) is 10.5. The van der Waals surface area contributed by atoms with Gasteiger partial charge >= 0.3 is 5.97 Å². The lowest BCUT2D eigenvalue weighted by Gasteiger charge is -2.40. The fourth-order valence-electron chi connectivity index (χ4n) is 4.19. The number of nitrogens with zero attached hydrogens (tertiary/aromatic N) is 1. The molecule has 7 heteroatoms. The van der Waals surface area contributed by atoms with Crippen LogP contribution in [-0.2, 0) is 14.8 Å². The highest BCUT2D eigenvalue weighted by molar-refractivity contribution is 7.89. The molecule has 33 heavy (non-hydrogen) atoms. The van der Waals surface area contributed by atoms with Crippen LogP contribution in [0.2, 0.25) is 5.02 Å². The van der Waals surface area contributed by atoms with E-state index in [1.165, 1.54) is 4.31 Å². The molecule has 0 radical (unpaired) electrons. The van der Waals surface area contributed by atoms with Crippen molar-refractivity contribution in [2.24, 2.45) is 0 Å². The smallest absolute Gasteiger partial charge is 0.333 e. The third kappa shape index (κ3) is 4.60. The molecule has 1 aliphatic heterocycles. The van der Waals surface area contributed by atoms with Gasteiger partial charge in [0.05, 0.1) is 22.6 Å². The Hall–Kier alpha value is -2.93. The Bertz CT molecular complexity index is 1320. The highest BCUT2D eigenvalue weighted by atomic mass is 35.5. The summed E-state index contributed by atoms with van der Waals surface area (Å²) in [5.41, 5.74) is 3.29. The Labute approximate surface area is 199 Å². The van der Waals surface area contributed by atoms with E-state index in [1.807, 2.05) is 38.1 Å². The van der Waals surface area contributed by atoms with Crippen molar-refractivity contribution in [1.29, 1.82) is 0 Å². The molecule has 3 aromatic carbocycles. The molecule has 2 atom stereocenters. The molecule has 0 amide bonds. The number of carboxylic acids is 1. The zero-order valence-electron chi connectivity index (χ0n) is 18.3. The van der Waals surface area contributed by atoms with Crippen LogP contribution in [0.4, 0.5) is 0 Å². The van der Waals surface area contributed by atoms with Crippen LogP contribution >= 0.6 is 11.6 Å². The molecule has 3 aromatic rings. The molecule has 0 bridgehead atoms. The van der Waals surface area contributed by atoms with Crippen molar-refractivity contribution in [1.82, 2.24) is 4.31 Å². The van der Waals surface area contributed by atoms with E-state index in [0.717, 1.165) is 16.7 Å². The third-order valence-corrected chi connectivity index (χ3v) is 8.01. The maximum atomic E-state index is 14.1. The maximum Gasteiger partial charge on any atom is 0.333 e. The predicted molar refractivity (Wildman–Crippen MR) is 129 cm³/mol. The number of aryl methyl sites for hydroxylation is 2. The van der Waals surface area contributed by atoms with Crippen molar-refractivity contribution in [2.45, 2.75) is 37.2 Å². The van der Waals surface area contributed by atoms with Crippen molar-refractivity contribution in [3.8, 4) is 0 Å². The number of benzene rings is 3. The van der Waals surface area contributed by atoms with Crippen LogP contribution < -0.4 is 0 Å². The number of halogens is 1. The van der Waals surface area contributed by atoms with Crippen LogP contribution in [-0.4, -0.2) is 23.8 Å². The van der Waals surface area contributed by atoms with Crippen molar-refractivity contribution in [2.75, 3.05) is 0 Å². The highest BCUT2D eigenvalue weighted by Crippen LogP contribution is 2.46. The molecule has 170 valence electrons. The van der Waals surface area contributed by atoms with Gasteiger partial charge in [0.15, 0.2) is 0 Å². The number of rotatable bonds is 5. The molecule has 1 N–H and O–H groups in total. The minimum absolute atomic E-state index is 0.0105. The first-order chi connectivity index (χ1) is 15.7. The topological polar surface area (TPSA) is 74.7 Å². The van der Waals surface area contributed by atoms with Gasteiger partial charge in [-0.05, 0) is 55.7 Å². The summed E-state index contributed by atoms with van der Waals surface area (Å²) < 4.78 is 29.4. The largest absolute Gasteiger partial charge is 0.478 e. The van der Waals surface area contributed by atoms with Gasteiger partial charge in [-0.1, -0.05) is 77.3 Å². The molecule has 5 nitrogen and oxygen atoms in total. The van der Waals surface area contributed by atoms with E-state index in [0.29, 0.717) is 10.6 Å². The van der Waals surface area contributed by atoms with Crippen LogP contribution in [0.1, 0.15) is 40.8 Å². The molecule has 0 saturated heterocycles. The number of carbonyl (C=O) groups is 1. The summed E-state index contributed by atoms with van der Waals surface area (Å²) in [6.45, 7) is 3.84. The quantitative estimate of drug-likeness (QED) is 0.496. The van der Waals surface area contributed by atoms with Gasteiger partial charge in [-0.2, -0.15) is 4.31 Å². The minimum atomic E-state index is -4.08. The highest BCUT2D eigenvalue weighted by Gasteiger charge is 2.44. The molecular weight excluding hydrogens is 458 g/mol. The van der Waals surface area contributed by atoms with Gasteiger partial charge in [-0.15, -0.1) is 0 Å². The lowest BCUT2D eigenvalue weighted by molar-refractivity contribution is -0.133. The number of hydrogen-bond donors (Lipinski definition) is 1. The SMILES string of the molecule is Cc1ccc([C@@H]2CC=C(C(=O)O)[C@H](c3cccc(Cl)c3)N2S(=O)(=O)c2ccc(C)cc2)cc1. The Morgan fingerprint density at radius 3 is 2.12 bits per heavy atom. The lowest BCUT2D eigenvalue weighted by Crippen LogP contribution is -2.42. The number of carboxylic acid groups (broad SMARTS) is 1. The Morgan fingerprint density at radius 1 is 0.939 bits per heavy atom. The molecule has 1 aliphatic rings. The summed E-state index contributed by atoms with van der Waals surface area (Å²) in [6, 6.07) is 19.3. The molecule has 0 unspecified atom stereocenters. The van der Waals surface area contributed by atoms with Crippen molar-refractivity contribution >= 4 is 27.6 Å². The van der Waals surface area contributed by atoms with Gasteiger partial charge in [0.2, 0.25) is 10.0 Å². The second-order valence-corrected chi connectivity index (χ2v) is 10.5. The molecular formula is C26H24ClNO4S. The Balaban J connectivity index is 1.97. The van der Waals surface area contributed by atoms with Gasteiger partial charge in [0.1, 0.15) is 0 Å². The second-order valence-electron chi connectivity index (χ2n) is 8.23. The zero-order valence-corrected chi connectivity index (χ0v) is 19.8. The molecule has 0 aliphatic carbocycles. The summed E-state index contributed by atoms with van der Waals surface area (Å²) in [4.78, 5) is 12.4. The zero-order chi connectivity index (χ0) is 23.8. The van der Waals surface area contributed by atoms with E-state index in [9.17, 15) is 18.3 Å². The average molecular weight is 482 g/mol. The van der Waals surface area contributed by atoms with Crippen LogP contribution in [0.25, 0.3) is 0 Å². The maximum absolute atomic E-state index is 14.1. The lowest BCUT2D eigenvalue weighted by atomic mass is 9.89. The summed E-state index contributed by atoms with van der Waals surface area (Å²) >= 11 is 6.22. The summed E-state index contributed by atoms with van der Waals surface area (Å²) in [5, 5.41) is 10.4. The number of sulfonamides is 1. The van der Waals surface area contributed by atoms with Crippen molar-refractivity contribution in [3.05, 3.63) is 112 Å². The summed E-state index contributed by atoms with van der Waals surface area (Å²) in [5.74, 6) is -1.16. The van der Waals surface area contributed by atoms with Gasteiger partial charge in [-0.3, -0.25) is 0 Å². The number of hydrogen-bond acceptors (Lipinski definition) is 3. The first kappa shape index (κ1) is 23.2. The van der Waals surface area contributed by atoms with E-state index in [-0.39, 0.29) is 16.9 Å². The van der Waals surface area contributed by atoms with Gasteiger partial charge in [0, 0.05) is 5.02 Å². The van der Waals surface area contributed by atoms with Gasteiger partial charge in [0.25, 0.3) is 0 Å². The van der Waals surface area contributed by atoms with E-state index >= 15 is 0 Å². The summed E-state index contributed by atoms with van der Waals surface area (Å²) in [6.07, 6.45) is 1.87. The van der Waals surface area contributed by atoms with Crippen molar-refractivity contribution < 1.29 is 18.3 Å². The van der Waals surface area contributed by atoms with E-state index in [1.54, 1.807) is 54.6 Å². The summed E-state index contributed by atoms with van der Waals surface area (Å²) in [7, 11) is -4.08. The first-order valence-corrected chi connectivity index (χ1v) is 12.4. The van der Waals surface area contributed by atoms with E-state index in [4.69, 9.17) is 11.6 Å². The van der Waals surface area contributed by atoms with Crippen molar-refractivity contribution in [3.63, 3.8) is 0 Å². The molecule has 0 fully saturated rings. The predicted octanol–water partition coefficient (Wildman–Crippen LogP) is 5.84. The van der Waals surface area contributed by atoms with Crippen LogP contribution in [0.3, 0.4) is 0 Å². The normalized spacial score (nSPS) is 19.2. The molecule has 0 spiro atoms. The molecule has 4 rings (SSSR count). The monoisotopic (exact) mass is 481 g/mol. The van der Waals surface area contributed by atoms with E-state index in [2.05, 4.69) is 0 Å². The van der Waals surface area contributed by atoms with Crippen LogP contribution in [0.15, 0.2) is 89.3 Å². The average Bonchev–Trinajstić information content (AvgIpc) is 2.79. The fourth-order valence-corrected chi connectivity index (χ4v) is 6.17. The molecule has 0 aromatic heterocycles. The van der Waals surface area contributed by atoms with Gasteiger partial charge < -0.3 is 5.11 Å². The minimum Gasteiger partial charge on any atom is -0.478 e. The Morgan fingerprint density at radius 2 is 1.55 bits per heavy atom. The van der Waals surface area contributed by atoms with Crippen LogP contribution in [0.5, 0.6) is 0 Å². The standard InChI is InChI=1S/C26H24ClNO4S/c1-17-6-10-19(11-7-17)24-15-14-23(26(29)30)25(20-4-3-5-21(27)16-20)28(24)33(31,32)22-12-8-18(2)9-13-22/h3-14,16,24-25H,15H2,1-2H3,(H,29,30)/t24-,25-/m0/s1. The van der Waals surface area contributed by atoms with E-state index < -0.39 is 28.1 Å². The fraction of sp³-hybridized carbons (Fsp3) is 0.192. The third-order valence-electron chi connectivity index (χ3n) is 5.89. The second kappa shape index (κ2) is 9.14. The molecule has 0 saturated carbocycles. The van der Waals surface area contributed by atoms with Gasteiger partial charge in [-0.25, -0.2) is 13.2 Å². The van der Waals surface area contributed by atoms with Crippen LogP contribution in [0, 0.1) is 13.8 Å². The number of aliphatic carboxylic acids is 1. The molecule has 1 heterocycles.